The van der Waals surface area contributed by atoms with Crippen molar-refractivity contribution >= 4 is 27.3 Å². The van der Waals surface area contributed by atoms with Gasteiger partial charge in [-0.15, -0.1) is 0 Å². The molecular weight excluding hydrogens is 304 g/mol. The number of nitrogens with one attached hydrogen (secondary N) is 1. The van der Waals surface area contributed by atoms with Gasteiger partial charge in [0.1, 0.15) is 0 Å². The van der Waals surface area contributed by atoms with E-state index in [1.165, 1.54) is 0 Å². The zero-order valence-corrected chi connectivity index (χ0v) is 12.9. The molecule has 2 rings (SSSR count). The highest BCUT2D eigenvalue weighted by Gasteiger charge is 2.23. The Balaban J connectivity index is 2.06. The maximum atomic E-state index is 12.4. The maximum Gasteiger partial charge on any atom is 0.253 e. The van der Waals surface area contributed by atoms with Crippen LogP contribution in [-0.4, -0.2) is 49.7 Å². The number of hydrogen-bond donors (Lipinski definition) is 1. The van der Waals surface area contributed by atoms with Gasteiger partial charge in [-0.3, -0.25) is 9.59 Å². The Morgan fingerprint density at radius 1 is 1.14 bits per heavy atom. The van der Waals surface area contributed by atoms with E-state index in [9.17, 15) is 18.0 Å². The first-order chi connectivity index (χ1) is 10.4. The van der Waals surface area contributed by atoms with Gasteiger partial charge in [0.2, 0.25) is 5.91 Å². The van der Waals surface area contributed by atoms with Crippen molar-refractivity contribution in [3.63, 3.8) is 0 Å². The van der Waals surface area contributed by atoms with Gasteiger partial charge in [0, 0.05) is 24.3 Å². The fraction of sp³-hybridized carbons (Fsp3) is 0.333. The van der Waals surface area contributed by atoms with Crippen molar-refractivity contribution in [2.24, 2.45) is 0 Å². The Bertz CT molecular complexity index is 680. The lowest BCUT2D eigenvalue weighted by atomic mass is 10.1. The number of benzene rings is 1. The molecule has 1 fully saturated rings. The minimum atomic E-state index is -3.04. The Labute approximate surface area is 129 Å². The molecule has 0 radical (unpaired) electrons. The van der Waals surface area contributed by atoms with E-state index >= 15 is 0 Å². The first-order valence-electron chi connectivity index (χ1n) is 6.94. The molecule has 1 aliphatic rings. The minimum Gasteiger partial charge on any atom is -0.338 e. The molecule has 1 aromatic rings. The van der Waals surface area contributed by atoms with E-state index in [-0.39, 0.29) is 29.9 Å². The van der Waals surface area contributed by atoms with Crippen LogP contribution in [0.2, 0.25) is 0 Å². The van der Waals surface area contributed by atoms with Gasteiger partial charge in [0.25, 0.3) is 5.91 Å². The number of hydrogen-bond acceptors (Lipinski definition) is 4. The number of carbonyl (C=O) groups is 2. The average molecular weight is 322 g/mol. The molecule has 22 heavy (non-hydrogen) atoms. The van der Waals surface area contributed by atoms with Crippen molar-refractivity contribution < 1.29 is 18.0 Å². The fourth-order valence-corrected chi connectivity index (χ4v) is 3.49. The second-order valence-electron chi connectivity index (χ2n) is 5.07. The molecule has 0 aliphatic carbocycles. The number of amides is 2. The lowest BCUT2D eigenvalue weighted by molar-refractivity contribution is -0.111. The van der Waals surface area contributed by atoms with Gasteiger partial charge in [-0.05, 0) is 36.8 Å². The van der Waals surface area contributed by atoms with Gasteiger partial charge in [-0.1, -0.05) is 6.58 Å². The predicted octanol–water partition coefficient (Wildman–Crippen LogP) is 1.07. The normalized spacial score (nSPS) is 17.4. The molecule has 0 atom stereocenters. The standard InChI is InChI=1S/C15H18N2O4S/c1-2-14(18)16-13-6-4-12(5-7-13)15(19)17-8-3-10-22(20,21)11-9-17/h2,4-7H,1,3,8-11H2,(H,16,18). The maximum absolute atomic E-state index is 12.4. The van der Waals surface area contributed by atoms with Crippen molar-refractivity contribution in [1.82, 2.24) is 4.90 Å². The van der Waals surface area contributed by atoms with E-state index in [2.05, 4.69) is 11.9 Å². The summed E-state index contributed by atoms with van der Waals surface area (Å²) in [6.45, 7) is 4.02. The van der Waals surface area contributed by atoms with Crippen LogP contribution in [0.15, 0.2) is 36.9 Å². The highest BCUT2D eigenvalue weighted by molar-refractivity contribution is 7.91. The number of sulfone groups is 1. The molecule has 7 heteroatoms. The third-order valence-corrected chi connectivity index (χ3v) is 5.14. The predicted molar refractivity (Wildman–Crippen MR) is 84.4 cm³/mol. The van der Waals surface area contributed by atoms with Gasteiger partial charge in [0.15, 0.2) is 9.84 Å². The van der Waals surface area contributed by atoms with Crippen LogP contribution < -0.4 is 5.32 Å². The van der Waals surface area contributed by atoms with E-state index in [0.29, 0.717) is 24.2 Å². The highest BCUT2D eigenvalue weighted by Crippen LogP contribution is 2.14. The summed E-state index contributed by atoms with van der Waals surface area (Å²) in [6.07, 6.45) is 1.62. The summed E-state index contributed by atoms with van der Waals surface area (Å²) in [5.74, 6) is -0.384. The van der Waals surface area contributed by atoms with E-state index in [1.54, 1.807) is 29.2 Å². The molecular formula is C15H18N2O4S. The second-order valence-corrected chi connectivity index (χ2v) is 7.37. The van der Waals surface area contributed by atoms with Crippen LogP contribution in [-0.2, 0) is 14.6 Å². The minimum absolute atomic E-state index is 0.00617. The molecule has 118 valence electrons. The van der Waals surface area contributed by atoms with Crippen LogP contribution in [0.1, 0.15) is 16.8 Å². The van der Waals surface area contributed by atoms with Gasteiger partial charge in [-0.25, -0.2) is 8.42 Å². The molecule has 1 saturated heterocycles. The van der Waals surface area contributed by atoms with E-state index in [0.717, 1.165) is 6.08 Å². The molecule has 6 nitrogen and oxygen atoms in total. The molecule has 1 N–H and O–H groups in total. The first-order valence-corrected chi connectivity index (χ1v) is 8.76. The van der Waals surface area contributed by atoms with Crippen LogP contribution in [0.3, 0.4) is 0 Å². The van der Waals surface area contributed by atoms with Crippen LogP contribution in [0.5, 0.6) is 0 Å². The Morgan fingerprint density at radius 3 is 2.45 bits per heavy atom. The van der Waals surface area contributed by atoms with Crippen LogP contribution >= 0.6 is 0 Å². The summed E-state index contributed by atoms with van der Waals surface area (Å²) >= 11 is 0. The molecule has 1 aliphatic heterocycles. The Hall–Kier alpha value is -2.15. The Morgan fingerprint density at radius 2 is 1.82 bits per heavy atom. The topological polar surface area (TPSA) is 83.6 Å². The van der Waals surface area contributed by atoms with E-state index in [1.807, 2.05) is 0 Å². The van der Waals surface area contributed by atoms with Crippen molar-refractivity contribution in [2.45, 2.75) is 6.42 Å². The molecule has 0 aromatic heterocycles. The lowest BCUT2D eigenvalue weighted by Crippen LogP contribution is -2.33. The zero-order chi connectivity index (χ0) is 16.2. The van der Waals surface area contributed by atoms with E-state index in [4.69, 9.17) is 0 Å². The summed E-state index contributed by atoms with van der Waals surface area (Å²) in [5.41, 5.74) is 1.04. The largest absolute Gasteiger partial charge is 0.338 e. The van der Waals surface area contributed by atoms with Crippen LogP contribution in [0, 0.1) is 0 Å². The monoisotopic (exact) mass is 322 g/mol. The SMILES string of the molecule is C=CC(=O)Nc1ccc(C(=O)N2CCCS(=O)(=O)CC2)cc1. The molecule has 0 bridgehead atoms. The van der Waals surface area contributed by atoms with Gasteiger partial charge in [0.05, 0.1) is 11.5 Å². The second kappa shape index (κ2) is 6.74. The number of carbonyl (C=O) groups excluding carboxylic acids is 2. The molecule has 0 unspecified atom stereocenters. The average Bonchev–Trinajstić information content (AvgIpc) is 2.68. The van der Waals surface area contributed by atoms with E-state index < -0.39 is 9.84 Å². The molecule has 2 amide bonds. The fourth-order valence-electron chi connectivity index (χ4n) is 2.21. The molecule has 1 aromatic carbocycles. The van der Waals surface area contributed by atoms with Crippen molar-refractivity contribution in [2.75, 3.05) is 29.9 Å². The van der Waals surface area contributed by atoms with Gasteiger partial charge in [-0.2, -0.15) is 0 Å². The highest BCUT2D eigenvalue weighted by atomic mass is 32.2. The number of nitrogens with zero attached hydrogens (tertiary/aromatic N) is 1. The van der Waals surface area contributed by atoms with Crippen molar-refractivity contribution in [3.05, 3.63) is 42.5 Å². The molecule has 1 heterocycles. The lowest BCUT2D eigenvalue weighted by Gasteiger charge is -2.19. The summed E-state index contributed by atoms with van der Waals surface area (Å²) in [7, 11) is -3.04. The quantitative estimate of drug-likeness (QED) is 0.844. The summed E-state index contributed by atoms with van der Waals surface area (Å²) in [6, 6.07) is 6.48. The third kappa shape index (κ3) is 4.17. The van der Waals surface area contributed by atoms with Gasteiger partial charge >= 0.3 is 0 Å². The zero-order valence-electron chi connectivity index (χ0n) is 12.1. The summed E-state index contributed by atoms with van der Waals surface area (Å²) in [4.78, 5) is 25.1. The third-order valence-electron chi connectivity index (χ3n) is 3.43. The first kappa shape index (κ1) is 16.2. The summed E-state index contributed by atoms with van der Waals surface area (Å²) < 4.78 is 23.1. The molecule has 0 saturated carbocycles. The number of rotatable bonds is 3. The number of anilines is 1. The van der Waals surface area contributed by atoms with Crippen molar-refractivity contribution in [1.29, 1.82) is 0 Å². The Kier molecular flexibility index (Phi) is 4.97. The van der Waals surface area contributed by atoms with Crippen molar-refractivity contribution in [3.8, 4) is 0 Å². The van der Waals surface area contributed by atoms with Crippen LogP contribution in [0.4, 0.5) is 5.69 Å². The smallest absolute Gasteiger partial charge is 0.253 e. The molecule has 0 spiro atoms. The van der Waals surface area contributed by atoms with Gasteiger partial charge < -0.3 is 10.2 Å². The van der Waals surface area contributed by atoms with Crippen LogP contribution in [0.25, 0.3) is 0 Å². The summed E-state index contributed by atoms with van der Waals surface area (Å²) in [5, 5.41) is 2.60.